The number of anilines is 2. The fraction of sp³-hybridized carbons (Fsp3) is 0.286. The van der Waals surface area contributed by atoms with Crippen molar-refractivity contribution in [3.63, 3.8) is 0 Å². The number of nitrogens with one attached hydrogen (secondary N) is 1. The zero-order valence-corrected chi connectivity index (χ0v) is 11.2. The number of methoxy groups -OCH3 is 1. The van der Waals surface area contributed by atoms with Gasteiger partial charge in [0.05, 0.1) is 0 Å². The summed E-state index contributed by atoms with van der Waals surface area (Å²) in [5.41, 5.74) is 1.59. The highest BCUT2D eigenvalue weighted by atomic mass is 16.5. The maximum Gasteiger partial charge on any atom is 0.301 e. The zero-order chi connectivity index (χ0) is 13.8. The van der Waals surface area contributed by atoms with E-state index in [1.165, 1.54) is 0 Å². The molecule has 1 aromatic carbocycles. The Morgan fingerprint density at radius 2 is 2.20 bits per heavy atom. The predicted octanol–water partition coefficient (Wildman–Crippen LogP) is 2.80. The van der Waals surface area contributed by atoms with Gasteiger partial charge >= 0.3 is 6.01 Å². The van der Waals surface area contributed by atoms with Gasteiger partial charge in [-0.1, -0.05) is 12.1 Å². The standard InChI is InChI=1S/C14H16N4O2/c1-19-10-4-8-18-9-7-13(17-18)16-14-15-11-5-2-3-6-12(11)20-14/h2-3,5-7,9H,4,8,10H2,1H3,(H,15,16,17). The molecule has 0 aliphatic heterocycles. The van der Waals surface area contributed by atoms with E-state index in [0.717, 1.165) is 30.7 Å². The maximum atomic E-state index is 5.59. The van der Waals surface area contributed by atoms with Crippen molar-refractivity contribution in [2.45, 2.75) is 13.0 Å². The van der Waals surface area contributed by atoms with Gasteiger partial charge in [0.2, 0.25) is 0 Å². The van der Waals surface area contributed by atoms with Crippen LogP contribution in [-0.2, 0) is 11.3 Å². The third-order valence-electron chi connectivity index (χ3n) is 2.91. The van der Waals surface area contributed by atoms with Gasteiger partial charge in [0.25, 0.3) is 0 Å². The first-order valence-electron chi connectivity index (χ1n) is 6.50. The van der Waals surface area contributed by atoms with Gasteiger partial charge < -0.3 is 9.15 Å². The summed E-state index contributed by atoms with van der Waals surface area (Å²) in [6.45, 7) is 1.55. The molecular formula is C14H16N4O2. The van der Waals surface area contributed by atoms with E-state index in [9.17, 15) is 0 Å². The van der Waals surface area contributed by atoms with Gasteiger partial charge in [0.15, 0.2) is 11.4 Å². The zero-order valence-electron chi connectivity index (χ0n) is 11.2. The summed E-state index contributed by atoms with van der Waals surface area (Å²) in [6, 6.07) is 9.99. The van der Waals surface area contributed by atoms with E-state index in [-0.39, 0.29) is 0 Å². The third kappa shape index (κ3) is 2.80. The van der Waals surface area contributed by atoms with Crippen LogP contribution in [0.1, 0.15) is 6.42 Å². The molecular weight excluding hydrogens is 256 g/mol. The topological polar surface area (TPSA) is 65.1 Å². The molecule has 2 heterocycles. The van der Waals surface area contributed by atoms with Crippen LogP contribution >= 0.6 is 0 Å². The Morgan fingerprint density at radius 3 is 3.05 bits per heavy atom. The molecule has 0 aliphatic rings. The number of rotatable bonds is 6. The van der Waals surface area contributed by atoms with Gasteiger partial charge in [-0.2, -0.15) is 10.1 Å². The van der Waals surface area contributed by atoms with Crippen LogP contribution in [0, 0.1) is 0 Å². The lowest BCUT2D eigenvalue weighted by atomic mass is 10.3. The molecule has 104 valence electrons. The smallest absolute Gasteiger partial charge is 0.301 e. The second-order valence-electron chi connectivity index (χ2n) is 4.42. The highest BCUT2D eigenvalue weighted by Crippen LogP contribution is 2.20. The number of nitrogens with zero attached hydrogens (tertiary/aromatic N) is 3. The molecule has 0 spiro atoms. The summed E-state index contributed by atoms with van der Waals surface area (Å²) < 4.78 is 12.5. The Labute approximate surface area is 116 Å². The lowest BCUT2D eigenvalue weighted by molar-refractivity contribution is 0.189. The van der Waals surface area contributed by atoms with E-state index in [1.807, 2.05) is 41.2 Å². The van der Waals surface area contributed by atoms with Gasteiger partial charge in [-0.25, -0.2) is 0 Å². The summed E-state index contributed by atoms with van der Waals surface area (Å²) in [4.78, 5) is 4.35. The number of hydrogen-bond donors (Lipinski definition) is 1. The summed E-state index contributed by atoms with van der Waals surface area (Å²) in [5, 5.41) is 7.46. The van der Waals surface area contributed by atoms with Crippen molar-refractivity contribution < 1.29 is 9.15 Å². The minimum Gasteiger partial charge on any atom is -0.423 e. The molecule has 0 saturated carbocycles. The highest BCUT2D eigenvalue weighted by molar-refractivity contribution is 5.74. The molecule has 0 radical (unpaired) electrons. The molecule has 0 fully saturated rings. The lowest BCUT2D eigenvalue weighted by Gasteiger charge is -2.00. The fourth-order valence-corrected chi connectivity index (χ4v) is 1.96. The van der Waals surface area contributed by atoms with Crippen LogP contribution in [0.4, 0.5) is 11.8 Å². The number of aryl methyl sites for hydroxylation is 1. The van der Waals surface area contributed by atoms with Crippen LogP contribution in [0.2, 0.25) is 0 Å². The second kappa shape index (κ2) is 5.75. The van der Waals surface area contributed by atoms with Crippen LogP contribution in [0.3, 0.4) is 0 Å². The molecule has 0 unspecified atom stereocenters. The van der Waals surface area contributed by atoms with E-state index in [4.69, 9.17) is 9.15 Å². The molecule has 20 heavy (non-hydrogen) atoms. The summed E-state index contributed by atoms with van der Waals surface area (Å²) in [7, 11) is 1.70. The molecule has 0 amide bonds. The molecule has 0 atom stereocenters. The normalized spacial score (nSPS) is 11.1. The first-order chi connectivity index (χ1) is 9.85. The second-order valence-corrected chi connectivity index (χ2v) is 4.42. The number of oxazole rings is 1. The monoisotopic (exact) mass is 272 g/mol. The van der Waals surface area contributed by atoms with Crippen molar-refractivity contribution in [3.05, 3.63) is 36.5 Å². The van der Waals surface area contributed by atoms with Crippen molar-refractivity contribution in [2.75, 3.05) is 19.0 Å². The van der Waals surface area contributed by atoms with E-state index in [1.54, 1.807) is 7.11 Å². The van der Waals surface area contributed by atoms with Gasteiger partial charge in [-0.3, -0.25) is 10.00 Å². The number of hydrogen-bond acceptors (Lipinski definition) is 5. The summed E-state index contributed by atoms with van der Waals surface area (Å²) in [5.74, 6) is 0.717. The van der Waals surface area contributed by atoms with Crippen molar-refractivity contribution in [2.24, 2.45) is 0 Å². The molecule has 1 N–H and O–H groups in total. The van der Waals surface area contributed by atoms with Crippen molar-refractivity contribution in [1.82, 2.24) is 14.8 Å². The Morgan fingerprint density at radius 1 is 1.30 bits per heavy atom. The van der Waals surface area contributed by atoms with Gasteiger partial charge in [-0.05, 0) is 18.6 Å². The number of ether oxygens (including phenoxy) is 1. The highest BCUT2D eigenvalue weighted by Gasteiger charge is 2.06. The first kappa shape index (κ1) is 12.7. The van der Waals surface area contributed by atoms with Crippen molar-refractivity contribution in [1.29, 1.82) is 0 Å². The molecule has 6 nitrogen and oxygen atoms in total. The Bertz CT molecular complexity index is 656. The Balaban J connectivity index is 1.68. The van der Waals surface area contributed by atoms with E-state index in [0.29, 0.717) is 11.8 Å². The Hall–Kier alpha value is -2.34. The fourth-order valence-electron chi connectivity index (χ4n) is 1.96. The molecule has 0 saturated heterocycles. The van der Waals surface area contributed by atoms with E-state index >= 15 is 0 Å². The SMILES string of the molecule is COCCCn1ccc(Nc2nc3ccccc3o2)n1. The molecule has 0 bridgehead atoms. The van der Waals surface area contributed by atoms with E-state index in [2.05, 4.69) is 15.4 Å². The first-order valence-corrected chi connectivity index (χ1v) is 6.50. The quantitative estimate of drug-likeness (QED) is 0.699. The average molecular weight is 272 g/mol. The van der Waals surface area contributed by atoms with E-state index < -0.39 is 0 Å². The largest absolute Gasteiger partial charge is 0.423 e. The maximum absolute atomic E-state index is 5.59. The van der Waals surface area contributed by atoms with Crippen molar-refractivity contribution in [3.8, 4) is 0 Å². The minimum atomic E-state index is 0.452. The molecule has 0 aliphatic carbocycles. The van der Waals surface area contributed by atoms with Gasteiger partial charge in [0, 0.05) is 32.5 Å². The molecule has 3 rings (SSSR count). The number of aromatic nitrogens is 3. The predicted molar refractivity (Wildman–Crippen MR) is 76.0 cm³/mol. The molecule has 6 heteroatoms. The van der Waals surface area contributed by atoms with Gasteiger partial charge in [-0.15, -0.1) is 0 Å². The van der Waals surface area contributed by atoms with Gasteiger partial charge in [0.1, 0.15) is 5.52 Å². The number of para-hydroxylation sites is 2. The Kier molecular flexibility index (Phi) is 3.64. The van der Waals surface area contributed by atoms with Crippen LogP contribution in [-0.4, -0.2) is 28.5 Å². The molecule has 2 aromatic heterocycles. The number of fused-ring (bicyclic) bond motifs is 1. The average Bonchev–Trinajstić information content (AvgIpc) is 3.05. The summed E-state index contributed by atoms with van der Waals surface area (Å²) >= 11 is 0. The van der Waals surface area contributed by atoms with Crippen molar-refractivity contribution >= 4 is 22.9 Å². The third-order valence-corrected chi connectivity index (χ3v) is 2.91. The van der Waals surface area contributed by atoms with Crippen LogP contribution in [0.15, 0.2) is 40.9 Å². The minimum absolute atomic E-state index is 0.452. The van der Waals surface area contributed by atoms with Crippen LogP contribution < -0.4 is 5.32 Å². The number of benzene rings is 1. The molecule has 3 aromatic rings. The van der Waals surface area contributed by atoms with Crippen LogP contribution in [0.25, 0.3) is 11.1 Å². The lowest BCUT2D eigenvalue weighted by Crippen LogP contribution is -2.02. The summed E-state index contributed by atoms with van der Waals surface area (Å²) in [6.07, 6.45) is 2.85. The van der Waals surface area contributed by atoms with Crippen LogP contribution in [0.5, 0.6) is 0 Å².